The Bertz CT molecular complexity index is 341. The minimum atomic E-state index is -3.30. The van der Waals surface area contributed by atoms with Gasteiger partial charge in [-0.3, -0.25) is 0 Å². The van der Waals surface area contributed by atoms with E-state index in [0.717, 1.165) is 30.9 Å². The van der Waals surface area contributed by atoms with Gasteiger partial charge in [0.25, 0.3) is 10.2 Å². The number of hydrogen-bond acceptors (Lipinski definition) is 4. The molecule has 0 aromatic heterocycles. The van der Waals surface area contributed by atoms with E-state index in [9.17, 15) is 8.42 Å². The maximum absolute atomic E-state index is 12.2. The van der Waals surface area contributed by atoms with Crippen LogP contribution in [0.5, 0.6) is 0 Å². The molecule has 1 aliphatic heterocycles. The first-order valence-corrected chi connectivity index (χ1v) is 9.58. The molecular weight excluding hydrogens is 282 g/mol. The molecule has 0 spiro atoms. The first kappa shape index (κ1) is 17.2. The molecule has 7 heteroatoms. The van der Waals surface area contributed by atoms with Gasteiger partial charge >= 0.3 is 0 Å². The highest BCUT2D eigenvalue weighted by atomic mass is 32.2. The fourth-order valence-corrected chi connectivity index (χ4v) is 4.51. The van der Waals surface area contributed by atoms with Crippen LogP contribution in [-0.2, 0) is 10.2 Å². The molecule has 0 saturated carbocycles. The van der Waals surface area contributed by atoms with Crippen molar-refractivity contribution in [1.82, 2.24) is 14.3 Å². The Balaban J connectivity index is 2.41. The summed E-state index contributed by atoms with van der Waals surface area (Å²) in [6, 6.07) is -0.00928. The Morgan fingerprint density at radius 2 is 2.00 bits per heavy atom. The quantitative estimate of drug-likeness (QED) is 0.699. The Morgan fingerprint density at radius 3 is 2.53 bits per heavy atom. The summed E-state index contributed by atoms with van der Waals surface area (Å²) in [5, 5.41) is 3.16. The van der Waals surface area contributed by atoms with E-state index in [1.807, 2.05) is 14.0 Å². The second-order valence-corrected chi connectivity index (χ2v) is 8.10. The molecule has 0 amide bonds. The summed E-state index contributed by atoms with van der Waals surface area (Å²) in [5.41, 5.74) is 0. The summed E-state index contributed by atoms with van der Waals surface area (Å²) in [5.74, 6) is 2.44. The van der Waals surface area contributed by atoms with Gasteiger partial charge in [-0.25, -0.2) is 0 Å². The summed E-state index contributed by atoms with van der Waals surface area (Å²) in [4.78, 5) is 0. The van der Waals surface area contributed by atoms with Crippen LogP contribution in [0.3, 0.4) is 0 Å². The van der Waals surface area contributed by atoms with Crippen LogP contribution in [-0.4, -0.2) is 57.0 Å². The summed E-state index contributed by atoms with van der Waals surface area (Å²) in [6.45, 7) is 6.25. The third kappa shape index (κ3) is 5.99. The lowest BCUT2D eigenvalue weighted by atomic mass is 9.98. The molecule has 2 N–H and O–H groups in total. The van der Waals surface area contributed by atoms with Crippen LogP contribution in [0.2, 0.25) is 0 Å². The van der Waals surface area contributed by atoms with Crippen molar-refractivity contribution in [2.45, 2.75) is 32.7 Å². The van der Waals surface area contributed by atoms with E-state index in [2.05, 4.69) is 17.0 Å². The maximum Gasteiger partial charge on any atom is 0.279 e. The Hall–Kier alpha value is 0.180. The topological polar surface area (TPSA) is 61.4 Å². The normalized spacial score (nSPS) is 20.6. The van der Waals surface area contributed by atoms with Gasteiger partial charge < -0.3 is 5.32 Å². The predicted octanol–water partition coefficient (Wildman–Crippen LogP) is 0.894. The molecule has 1 aliphatic rings. The first-order chi connectivity index (χ1) is 8.99. The van der Waals surface area contributed by atoms with Crippen LogP contribution in [0, 0.1) is 5.92 Å². The van der Waals surface area contributed by atoms with Crippen LogP contribution in [0.1, 0.15) is 26.7 Å². The molecule has 0 aliphatic carbocycles. The molecule has 114 valence electrons. The van der Waals surface area contributed by atoms with Gasteiger partial charge in [0.15, 0.2) is 0 Å². The van der Waals surface area contributed by atoms with Crippen LogP contribution >= 0.6 is 11.8 Å². The third-order valence-electron chi connectivity index (χ3n) is 3.33. The molecule has 0 aromatic carbocycles. The molecule has 1 fully saturated rings. The number of nitrogens with zero attached hydrogens (tertiary/aromatic N) is 1. The minimum Gasteiger partial charge on any atom is -0.319 e. The average molecular weight is 310 g/mol. The molecule has 0 radical (unpaired) electrons. The van der Waals surface area contributed by atoms with Crippen molar-refractivity contribution < 1.29 is 8.42 Å². The highest BCUT2D eigenvalue weighted by Gasteiger charge is 2.28. The molecule has 1 saturated heterocycles. The van der Waals surface area contributed by atoms with Crippen LogP contribution in [0.15, 0.2) is 0 Å². The lowest BCUT2D eigenvalue weighted by molar-refractivity contribution is 0.267. The highest BCUT2D eigenvalue weighted by molar-refractivity contribution is 7.99. The fourth-order valence-electron chi connectivity index (χ4n) is 2.30. The number of rotatable bonds is 8. The standard InChI is InChI=1S/C12H27N3O2S2/c1-4-18-10-11(2)14-19(16,17)15-7-5-12(6-8-15)9-13-3/h11-14H,4-10H2,1-3H3. The molecule has 0 aromatic rings. The maximum atomic E-state index is 12.2. The summed E-state index contributed by atoms with van der Waals surface area (Å²) in [7, 11) is -1.36. The first-order valence-electron chi connectivity index (χ1n) is 6.99. The monoisotopic (exact) mass is 309 g/mol. The molecule has 1 unspecified atom stereocenters. The molecule has 0 bridgehead atoms. The zero-order valence-corrected chi connectivity index (χ0v) is 13.8. The third-order valence-corrected chi connectivity index (χ3v) is 6.22. The van der Waals surface area contributed by atoms with Gasteiger partial charge in [0.05, 0.1) is 0 Å². The largest absolute Gasteiger partial charge is 0.319 e. The van der Waals surface area contributed by atoms with E-state index in [1.165, 1.54) is 0 Å². The van der Waals surface area contributed by atoms with Gasteiger partial charge in [-0.2, -0.15) is 29.2 Å². The molecule has 19 heavy (non-hydrogen) atoms. The summed E-state index contributed by atoms with van der Waals surface area (Å²) < 4.78 is 28.8. The Morgan fingerprint density at radius 1 is 1.37 bits per heavy atom. The van der Waals surface area contributed by atoms with Crippen molar-refractivity contribution in [1.29, 1.82) is 0 Å². The lowest BCUT2D eigenvalue weighted by Gasteiger charge is -2.31. The highest BCUT2D eigenvalue weighted by Crippen LogP contribution is 2.18. The Labute approximate surface area is 122 Å². The zero-order chi connectivity index (χ0) is 14.3. The average Bonchev–Trinajstić information content (AvgIpc) is 2.37. The van der Waals surface area contributed by atoms with Gasteiger partial charge in [-0.05, 0) is 45.0 Å². The second kappa shape index (κ2) is 8.46. The van der Waals surface area contributed by atoms with E-state index < -0.39 is 10.2 Å². The van der Waals surface area contributed by atoms with E-state index in [0.29, 0.717) is 19.0 Å². The van der Waals surface area contributed by atoms with Gasteiger partial charge in [0.2, 0.25) is 0 Å². The van der Waals surface area contributed by atoms with E-state index in [1.54, 1.807) is 16.1 Å². The van der Waals surface area contributed by atoms with Crippen molar-refractivity contribution in [2.75, 3.05) is 38.2 Å². The van der Waals surface area contributed by atoms with Crippen LogP contribution < -0.4 is 10.0 Å². The van der Waals surface area contributed by atoms with Gasteiger partial charge in [0.1, 0.15) is 0 Å². The van der Waals surface area contributed by atoms with Gasteiger partial charge in [0, 0.05) is 24.9 Å². The van der Waals surface area contributed by atoms with Crippen molar-refractivity contribution in [3.63, 3.8) is 0 Å². The fraction of sp³-hybridized carbons (Fsp3) is 1.00. The minimum absolute atomic E-state index is 0.00928. The number of hydrogen-bond donors (Lipinski definition) is 2. The predicted molar refractivity (Wildman–Crippen MR) is 82.7 cm³/mol. The Kier molecular flexibility index (Phi) is 7.68. The summed E-state index contributed by atoms with van der Waals surface area (Å²) >= 11 is 1.76. The zero-order valence-electron chi connectivity index (χ0n) is 12.2. The van der Waals surface area contributed by atoms with E-state index >= 15 is 0 Å². The SMILES string of the molecule is CCSCC(C)NS(=O)(=O)N1CCC(CNC)CC1. The van der Waals surface area contributed by atoms with Crippen molar-refractivity contribution in [2.24, 2.45) is 5.92 Å². The number of nitrogens with one attached hydrogen (secondary N) is 2. The molecular formula is C12H27N3O2S2. The van der Waals surface area contributed by atoms with Gasteiger partial charge in [-0.1, -0.05) is 6.92 Å². The molecule has 1 heterocycles. The van der Waals surface area contributed by atoms with Crippen molar-refractivity contribution in [3.05, 3.63) is 0 Å². The summed E-state index contributed by atoms with van der Waals surface area (Å²) in [6.07, 6.45) is 1.89. The number of piperidine rings is 1. The molecule has 1 rings (SSSR count). The number of thioether (sulfide) groups is 1. The lowest BCUT2D eigenvalue weighted by Crippen LogP contribution is -2.48. The van der Waals surface area contributed by atoms with E-state index in [-0.39, 0.29) is 6.04 Å². The van der Waals surface area contributed by atoms with Gasteiger partial charge in [-0.15, -0.1) is 0 Å². The molecule has 1 atom stereocenters. The van der Waals surface area contributed by atoms with Crippen LogP contribution in [0.25, 0.3) is 0 Å². The van der Waals surface area contributed by atoms with Crippen molar-refractivity contribution >= 4 is 22.0 Å². The smallest absolute Gasteiger partial charge is 0.279 e. The molecule has 5 nitrogen and oxygen atoms in total. The van der Waals surface area contributed by atoms with Crippen LogP contribution in [0.4, 0.5) is 0 Å². The second-order valence-electron chi connectivity index (χ2n) is 5.08. The van der Waals surface area contributed by atoms with E-state index in [4.69, 9.17) is 0 Å². The van der Waals surface area contributed by atoms with Crippen molar-refractivity contribution in [3.8, 4) is 0 Å².